The highest BCUT2D eigenvalue weighted by Crippen LogP contribution is 2.46. The summed E-state index contributed by atoms with van der Waals surface area (Å²) in [5.41, 5.74) is 8.67. The Hall–Kier alpha value is -3.09. The van der Waals surface area contributed by atoms with Crippen LogP contribution in [0.25, 0.3) is 0 Å². The third-order valence-electron chi connectivity index (χ3n) is 5.00. The van der Waals surface area contributed by atoms with Crippen molar-refractivity contribution in [1.29, 1.82) is 0 Å². The van der Waals surface area contributed by atoms with E-state index in [0.717, 1.165) is 16.9 Å². The maximum Gasteiger partial charge on any atom is 0.346 e. The third kappa shape index (κ3) is 3.09. The van der Waals surface area contributed by atoms with Gasteiger partial charge >= 0.3 is 5.97 Å². The topological polar surface area (TPSA) is 98.7 Å². The van der Waals surface area contributed by atoms with Gasteiger partial charge in [-0.3, -0.25) is 4.79 Å². The number of ether oxygens (including phenoxy) is 1. The first-order valence-electron chi connectivity index (χ1n) is 8.66. The normalized spacial score (nSPS) is 17.7. The molecule has 2 N–H and O–H groups in total. The summed E-state index contributed by atoms with van der Waals surface area (Å²) >= 11 is 0. The van der Waals surface area contributed by atoms with E-state index in [1.807, 2.05) is 30.1 Å². The van der Waals surface area contributed by atoms with Crippen LogP contribution in [0.1, 0.15) is 42.4 Å². The van der Waals surface area contributed by atoms with E-state index in [2.05, 4.69) is 25.1 Å². The van der Waals surface area contributed by atoms with E-state index in [0.29, 0.717) is 5.69 Å². The monoisotopic (exact) mass is 369 g/mol. The summed E-state index contributed by atoms with van der Waals surface area (Å²) in [6.07, 6.45) is 0.577. The van der Waals surface area contributed by atoms with Crippen molar-refractivity contribution in [2.75, 3.05) is 17.7 Å². The van der Waals surface area contributed by atoms with Gasteiger partial charge in [-0.2, -0.15) is 0 Å². The number of allylic oxidation sites excluding steroid dienone is 1. The molecule has 1 aromatic carbocycles. The molecule has 0 amide bonds. The van der Waals surface area contributed by atoms with Gasteiger partial charge in [-0.1, -0.05) is 37.2 Å². The molecule has 2 aromatic rings. The quantitative estimate of drug-likeness (QED) is 0.653. The van der Waals surface area contributed by atoms with Crippen molar-refractivity contribution < 1.29 is 18.8 Å². The molecule has 1 aromatic heterocycles. The predicted octanol–water partition coefficient (Wildman–Crippen LogP) is 2.99. The highest BCUT2D eigenvalue weighted by atomic mass is 16.5. The van der Waals surface area contributed by atoms with Crippen molar-refractivity contribution >= 4 is 23.3 Å². The summed E-state index contributed by atoms with van der Waals surface area (Å²) in [6, 6.07) is 8.02. The van der Waals surface area contributed by atoms with E-state index in [9.17, 15) is 9.59 Å². The minimum absolute atomic E-state index is 0.0491. The lowest BCUT2D eigenvalue weighted by Crippen LogP contribution is -2.28. The summed E-state index contributed by atoms with van der Waals surface area (Å²) in [5.74, 6) is -1.16. The minimum Gasteiger partial charge on any atom is -0.450 e. The molecule has 7 nitrogen and oxygen atoms in total. The number of carbonyl (C=O) groups is 2. The molecule has 3 rings (SSSR count). The van der Waals surface area contributed by atoms with Crippen LogP contribution in [-0.4, -0.2) is 30.1 Å². The molecule has 1 atom stereocenters. The van der Waals surface area contributed by atoms with Crippen LogP contribution < -0.4 is 10.6 Å². The molecule has 0 radical (unpaired) electrons. The van der Waals surface area contributed by atoms with Gasteiger partial charge in [0.2, 0.25) is 5.88 Å². The Labute approximate surface area is 157 Å². The molecule has 1 aliphatic rings. The molecule has 0 saturated heterocycles. The van der Waals surface area contributed by atoms with Gasteiger partial charge in [0.05, 0.1) is 5.69 Å². The van der Waals surface area contributed by atoms with Crippen molar-refractivity contribution in [3.63, 3.8) is 0 Å². The van der Waals surface area contributed by atoms with Gasteiger partial charge in [0.25, 0.3) is 0 Å². The second-order valence-corrected chi connectivity index (χ2v) is 7.19. The lowest BCUT2D eigenvalue weighted by Gasteiger charge is -2.24. The van der Waals surface area contributed by atoms with Gasteiger partial charge in [-0.05, 0) is 25.5 Å². The summed E-state index contributed by atoms with van der Waals surface area (Å²) < 4.78 is 10.0. The number of carbonyl (C=O) groups excluding carboxylic acids is 2. The molecular formula is C20H23N3O4. The van der Waals surface area contributed by atoms with Crippen LogP contribution in [0.4, 0.5) is 11.6 Å². The minimum atomic E-state index is -0.966. The average Bonchev–Trinajstić information content (AvgIpc) is 3.05. The molecule has 0 fully saturated rings. The van der Waals surface area contributed by atoms with E-state index in [1.165, 1.54) is 6.92 Å². The first kappa shape index (κ1) is 18.7. The molecule has 142 valence electrons. The molecule has 1 aliphatic heterocycles. The van der Waals surface area contributed by atoms with Crippen molar-refractivity contribution in [3.8, 4) is 0 Å². The van der Waals surface area contributed by atoms with Crippen molar-refractivity contribution in [1.82, 2.24) is 5.16 Å². The van der Waals surface area contributed by atoms with Crippen LogP contribution >= 0.6 is 0 Å². The van der Waals surface area contributed by atoms with Gasteiger partial charge in [-0.25, -0.2) is 4.79 Å². The number of hydrogen-bond donors (Lipinski definition) is 1. The molecule has 0 saturated carbocycles. The number of aromatic nitrogens is 1. The number of nitrogen functional groups attached to an aromatic ring is 1. The van der Waals surface area contributed by atoms with E-state index in [4.69, 9.17) is 15.0 Å². The third-order valence-corrected chi connectivity index (χ3v) is 5.00. The molecule has 27 heavy (non-hydrogen) atoms. The Morgan fingerprint density at radius 3 is 2.59 bits per heavy atom. The van der Waals surface area contributed by atoms with Crippen LogP contribution in [-0.2, 0) is 14.9 Å². The molecule has 0 spiro atoms. The number of ketones is 1. The number of fused-ring (bicyclic) bond motifs is 1. The van der Waals surface area contributed by atoms with Gasteiger partial charge in [-0.15, -0.1) is 0 Å². The number of esters is 1. The standard InChI is InChI=1S/C20H23N3O4/c1-11-17(18(21)27-22-11)19(25)26-12(2)15(24)10-16-20(3,4)13-8-6-7-9-14(13)23(16)5/h6-10,12H,21H2,1-5H3/b16-10+. The summed E-state index contributed by atoms with van der Waals surface area (Å²) in [7, 11) is 1.92. The Bertz CT molecular complexity index is 923. The van der Waals surface area contributed by atoms with Crippen molar-refractivity contribution in [2.24, 2.45) is 0 Å². The van der Waals surface area contributed by atoms with Gasteiger partial charge in [0.15, 0.2) is 11.9 Å². The number of anilines is 2. The SMILES string of the molecule is Cc1noc(N)c1C(=O)OC(C)C(=O)/C=C1/N(C)c2ccccc2C1(C)C. The number of nitrogens with two attached hydrogens (primary N) is 1. The van der Waals surface area contributed by atoms with Crippen LogP contribution in [0.2, 0.25) is 0 Å². The molecule has 0 bridgehead atoms. The zero-order valence-corrected chi connectivity index (χ0v) is 16.1. The molecule has 0 aliphatic carbocycles. The number of aryl methyl sites for hydroxylation is 1. The zero-order chi connectivity index (χ0) is 19.9. The van der Waals surface area contributed by atoms with Gasteiger partial charge in [0.1, 0.15) is 5.56 Å². The summed E-state index contributed by atoms with van der Waals surface area (Å²) in [6.45, 7) is 7.24. The van der Waals surface area contributed by atoms with Crippen LogP contribution in [0.5, 0.6) is 0 Å². The summed E-state index contributed by atoms with van der Waals surface area (Å²) in [5, 5.41) is 3.62. The number of para-hydroxylation sites is 1. The Morgan fingerprint density at radius 1 is 1.33 bits per heavy atom. The van der Waals surface area contributed by atoms with Crippen molar-refractivity contribution in [3.05, 3.63) is 52.9 Å². The maximum atomic E-state index is 12.7. The van der Waals surface area contributed by atoms with E-state index < -0.39 is 12.1 Å². The molecule has 7 heteroatoms. The smallest absolute Gasteiger partial charge is 0.346 e. The lowest BCUT2D eigenvalue weighted by atomic mass is 9.83. The Balaban J connectivity index is 1.81. The fraction of sp³-hybridized carbons (Fsp3) is 0.350. The molecule has 1 unspecified atom stereocenters. The lowest BCUT2D eigenvalue weighted by molar-refractivity contribution is -0.122. The number of hydrogen-bond acceptors (Lipinski definition) is 7. The number of rotatable bonds is 4. The van der Waals surface area contributed by atoms with Crippen LogP contribution in [0.3, 0.4) is 0 Å². The second-order valence-electron chi connectivity index (χ2n) is 7.19. The van der Waals surface area contributed by atoms with Gasteiger partial charge < -0.3 is 19.9 Å². The molecule has 2 heterocycles. The van der Waals surface area contributed by atoms with Crippen molar-refractivity contribution in [2.45, 2.75) is 39.2 Å². The maximum absolute atomic E-state index is 12.7. The molecular weight excluding hydrogens is 346 g/mol. The van der Waals surface area contributed by atoms with Gasteiger partial charge in [0, 0.05) is 29.9 Å². The summed E-state index contributed by atoms with van der Waals surface area (Å²) in [4.78, 5) is 27.0. The highest BCUT2D eigenvalue weighted by Gasteiger charge is 2.39. The predicted molar refractivity (Wildman–Crippen MR) is 101 cm³/mol. The largest absolute Gasteiger partial charge is 0.450 e. The fourth-order valence-electron chi connectivity index (χ4n) is 3.42. The second kappa shape index (κ2) is 6.57. The number of likely N-dealkylation sites (N-methyl/N-ethyl adjacent to an activating group) is 1. The Morgan fingerprint density at radius 2 is 2.00 bits per heavy atom. The van der Waals surface area contributed by atoms with Crippen LogP contribution in [0, 0.1) is 6.92 Å². The van der Waals surface area contributed by atoms with E-state index in [1.54, 1.807) is 13.0 Å². The average molecular weight is 369 g/mol. The van der Waals surface area contributed by atoms with E-state index in [-0.39, 0.29) is 22.6 Å². The fourth-order valence-corrected chi connectivity index (χ4v) is 3.42. The Kier molecular flexibility index (Phi) is 4.55. The zero-order valence-electron chi connectivity index (χ0n) is 16.1. The number of nitrogens with zero attached hydrogens (tertiary/aromatic N) is 2. The highest BCUT2D eigenvalue weighted by molar-refractivity contribution is 6.00. The first-order valence-corrected chi connectivity index (χ1v) is 8.66. The first-order chi connectivity index (χ1) is 12.6. The van der Waals surface area contributed by atoms with E-state index >= 15 is 0 Å². The number of benzene rings is 1. The van der Waals surface area contributed by atoms with Crippen LogP contribution in [0.15, 0.2) is 40.6 Å².